The topological polar surface area (TPSA) is 55.6 Å². The minimum absolute atomic E-state index is 0.0735. The van der Waals surface area contributed by atoms with Crippen LogP contribution in [0, 0.1) is 0 Å². The molecule has 6 heteroatoms. The first-order valence-corrected chi connectivity index (χ1v) is 7.69. The average Bonchev–Trinajstić information content (AvgIpc) is 2.92. The molecule has 0 amide bonds. The van der Waals surface area contributed by atoms with Crippen LogP contribution in [0.5, 0.6) is 0 Å². The van der Waals surface area contributed by atoms with Crippen LogP contribution in [0.1, 0.15) is 6.92 Å². The van der Waals surface area contributed by atoms with E-state index < -0.39 is 0 Å². The van der Waals surface area contributed by atoms with Gasteiger partial charge in [-0.05, 0) is 31.2 Å². The van der Waals surface area contributed by atoms with Crippen LogP contribution in [0.25, 0.3) is 16.9 Å². The molecule has 5 nitrogen and oxygen atoms in total. The number of pyridine rings is 1. The van der Waals surface area contributed by atoms with Crippen molar-refractivity contribution in [1.82, 2.24) is 9.38 Å². The Bertz CT molecular complexity index is 845. The van der Waals surface area contributed by atoms with Crippen molar-refractivity contribution in [3.8, 4) is 11.3 Å². The molecule has 23 heavy (non-hydrogen) atoms. The van der Waals surface area contributed by atoms with Gasteiger partial charge in [-0.15, -0.1) is 0 Å². The number of rotatable bonds is 5. The van der Waals surface area contributed by atoms with E-state index in [1.807, 2.05) is 53.1 Å². The van der Waals surface area contributed by atoms with Crippen LogP contribution in [-0.4, -0.2) is 28.5 Å². The number of imidazole rings is 1. The summed E-state index contributed by atoms with van der Waals surface area (Å²) in [6.45, 7) is 2.21. The lowest BCUT2D eigenvalue weighted by Crippen LogP contribution is -2.17. The van der Waals surface area contributed by atoms with Crippen molar-refractivity contribution in [2.45, 2.75) is 6.92 Å². The summed E-state index contributed by atoms with van der Waals surface area (Å²) in [5, 5.41) is 3.76. The number of carbonyl (C=O) groups excluding carboxylic acids is 1. The lowest BCUT2D eigenvalue weighted by Gasteiger charge is -2.08. The molecule has 1 aromatic carbocycles. The highest BCUT2D eigenvalue weighted by Crippen LogP contribution is 2.30. The standard InChI is InChI=1S/C17H16ClN3O2/c1-2-23-15(22)11-19-17-16(12-6-5-7-13(18)10-12)20-14-8-3-4-9-21(14)17/h3-10,19H,2,11H2,1H3. The van der Waals surface area contributed by atoms with E-state index in [9.17, 15) is 4.79 Å². The van der Waals surface area contributed by atoms with Crippen LogP contribution in [-0.2, 0) is 9.53 Å². The van der Waals surface area contributed by atoms with Crippen LogP contribution in [0.4, 0.5) is 5.82 Å². The molecule has 118 valence electrons. The number of anilines is 1. The number of carbonyl (C=O) groups is 1. The summed E-state index contributed by atoms with van der Waals surface area (Å²) in [7, 11) is 0. The molecule has 0 aliphatic rings. The molecule has 0 atom stereocenters. The number of hydrogen-bond acceptors (Lipinski definition) is 4. The van der Waals surface area contributed by atoms with Gasteiger partial charge in [-0.2, -0.15) is 0 Å². The number of benzene rings is 1. The lowest BCUT2D eigenvalue weighted by molar-refractivity contribution is -0.140. The number of esters is 1. The van der Waals surface area contributed by atoms with Crippen molar-refractivity contribution in [3.05, 3.63) is 53.7 Å². The number of halogens is 1. The van der Waals surface area contributed by atoms with Gasteiger partial charge in [0.15, 0.2) is 0 Å². The first-order chi connectivity index (χ1) is 11.2. The van der Waals surface area contributed by atoms with Crippen molar-refractivity contribution >= 4 is 29.0 Å². The second-order valence-electron chi connectivity index (χ2n) is 4.91. The van der Waals surface area contributed by atoms with Gasteiger partial charge in [0.1, 0.15) is 23.7 Å². The van der Waals surface area contributed by atoms with Gasteiger partial charge in [0.05, 0.1) is 6.61 Å². The third-order valence-electron chi connectivity index (χ3n) is 3.33. The van der Waals surface area contributed by atoms with E-state index in [1.54, 1.807) is 6.92 Å². The molecule has 0 bridgehead atoms. The SMILES string of the molecule is CCOC(=O)CNc1c(-c2cccc(Cl)c2)nc2ccccn12. The summed E-state index contributed by atoms with van der Waals surface area (Å²) in [6, 6.07) is 13.2. The smallest absolute Gasteiger partial charge is 0.325 e. The maximum atomic E-state index is 11.6. The molecule has 1 N–H and O–H groups in total. The number of hydrogen-bond donors (Lipinski definition) is 1. The summed E-state index contributed by atoms with van der Waals surface area (Å²) in [5.41, 5.74) is 2.41. The third-order valence-corrected chi connectivity index (χ3v) is 3.57. The molecular formula is C17H16ClN3O2. The quantitative estimate of drug-likeness (QED) is 0.726. The Labute approximate surface area is 138 Å². The molecule has 2 aromatic heterocycles. The van der Waals surface area contributed by atoms with E-state index in [4.69, 9.17) is 16.3 Å². The van der Waals surface area contributed by atoms with E-state index in [1.165, 1.54) is 0 Å². The Morgan fingerprint density at radius 3 is 2.96 bits per heavy atom. The second kappa shape index (κ2) is 6.71. The molecule has 0 unspecified atom stereocenters. The van der Waals surface area contributed by atoms with Crippen LogP contribution in [0.3, 0.4) is 0 Å². The monoisotopic (exact) mass is 329 g/mol. The van der Waals surface area contributed by atoms with Gasteiger partial charge in [-0.3, -0.25) is 9.20 Å². The fourth-order valence-electron chi connectivity index (χ4n) is 2.37. The Morgan fingerprint density at radius 2 is 2.17 bits per heavy atom. The van der Waals surface area contributed by atoms with Crippen molar-refractivity contribution in [3.63, 3.8) is 0 Å². The fraction of sp³-hybridized carbons (Fsp3) is 0.176. The highest BCUT2D eigenvalue weighted by Gasteiger charge is 2.15. The highest BCUT2D eigenvalue weighted by molar-refractivity contribution is 6.30. The molecule has 0 aliphatic carbocycles. The van der Waals surface area contributed by atoms with Gasteiger partial charge in [0, 0.05) is 16.8 Å². The molecule has 3 rings (SSSR count). The Balaban J connectivity index is 2.03. The fourth-order valence-corrected chi connectivity index (χ4v) is 2.56. The van der Waals surface area contributed by atoms with Crippen molar-refractivity contribution in [2.75, 3.05) is 18.5 Å². The first-order valence-electron chi connectivity index (χ1n) is 7.31. The van der Waals surface area contributed by atoms with Gasteiger partial charge in [-0.1, -0.05) is 29.8 Å². The van der Waals surface area contributed by atoms with Crippen molar-refractivity contribution < 1.29 is 9.53 Å². The second-order valence-corrected chi connectivity index (χ2v) is 5.34. The zero-order chi connectivity index (χ0) is 16.2. The predicted octanol–water partition coefficient (Wildman–Crippen LogP) is 3.63. The van der Waals surface area contributed by atoms with Crippen molar-refractivity contribution in [1.29, 1.82) is 0 Å². The molecule has 0 fully saturated rings. The molecule has 0 radical (unpaired) electrons. The average molecular weight is 330 g/mol. The van der Waals surface area contributed by atoms with E-state index >= 15 is 0 Å². The zero-order valence-electron chi connectivity index (χ0n) is 12.6. The lowest BCUT2D eigenvalue weighted by atomic mass is 10.1. The number of fused-ring (bicyclic) bond motifs is 1. The maximum Gasteiger partial charge on any atom is 0.325 e. The largest absolute Gasteiger partial charge is 0.465 e. The molecule has 2 heterocycles. The molecule has 0 saturated heterocycles. The van der Waals surface area contributed by atoms with Gasteiger partial charge >= 0.3 is 5.97 Å². The predicted molar refractivity (Wildman–Crippen MR) is 90.8 cm³/mol. The van der Waals surface area contributed by atoms with E-state index in [0.29, 0.717) is 11.6 Å². The van der Waals surface area contributed by atoms with Gasteiger partial charge < -0.3 is 10.1 Å². The van der Waals surface area contributed by atoms with E-state index in [-0.39, 0.29) is 12.5 Å². The molecular weight excluding hydrogens is 314 g/mol. The first kappa shape index (κ1) is 15.4. The molecule has 3 aromatic rings. The number of nitrogens with zero attached hydrogens (tertiary/aromatic N) is 2. The minimum Gasteiger partial charge on any atom is -0.465 e. The van der Waals surface area contributed by atoms with Crippen LogP contribution in [0.2, 0.25) is 5.02 Å². The Morgan fingerprint density at radius 1 is 1.30 bits per heavy atom. The summed E-state index contributed by atoms with van der Waals surface area (Å²) in [4.78, 5) is 16.3. The van der Waals surface area contributed by atoms with Crippen LogP contribution < -0.4 is 5.32 Å². The van der Waals surface area contributed by atoms with Gasteiger partial charge in [0.2, 0.25) is 0 Å². The molecule has 0 aliphatic heterocycles. The maximum absolute atomic E-state index is 11.6. The minimum atomic E-state index is -0.310. The summed E-state index contributed by atoms with van der Waals surface area (Å²) >= 11 is 6.09. The highest BCUT2D eigenvalue weighted by atomic mass is 35.5. The van der Waals surface area contributed by atoms with Crippen LogP contribution >= 0.6 is 11.6 Å². The van der Waals surface area contributed by atoms with Crippen LogP contribution in [0.15, 0.2) is 48.7 Å². The van der Waals surface area contributed by atoms with Gasteiger partial charge in [0.25, 0.3) is 0 Å². The Hall–Kier alpha value is -2.53. The third kappa shape index (κ3) is 3.29. The Kier molecular flexibility index (Phi) is 4.48. The van der Waals surface area contributed by atoms with Gasteiger partial charge in [-0.25, -0.2) is 4.98 Å². The number of ether oxygens (including phenoxy) is 1. The number of aromatic nitrogens is 2. The molecule has 0 spiro atoms. The normalized spacial score (nSPS) is 10.7. The summed E-state index contributed by atoms with van der Waals surface area (Å²) in [6.07, 6.45) is 1.89. The van der Waals surface area contributed by atoms with E-state index in [0.717, 1.165) is 22.7 Å². The van der Waals surface area contributed by atoms with Crippen molar-refractivity contribution in [2.24, 2.45) is 0 Å². The molecule has 0 saturated carbocycles. The zero-order valence-corrected chi connectivity index (χ0v) is 13.4. The summed E-state index contributed by atoms with van der Waals surface area (Å²) in [5.74, 6) is 0.423. The number of nitrogens with one attached hydrogen (secondary N) is 1. The summed E-state index contributed by atoms with van der Waals surface area (Å²) < 4.78 is 6.86. The van der Waals surface area contributed by atoms with E-state index in [2.05, 4.69) is 10.3 Å².